The molecule has 0 saturated carbocycles. The lowest BCUT2D eigenvalue weighted by molar-refractivity contribution is -0.889. The second kappa shape index (κ2) is 29.2. The summed E-state index contributed by atoms with van der Waals surface area (Å²) in [6.07, 6.45) is 34.0. The van der Waals surface area contributed by atoms with E-state index in [-0.39, 0.29) is 43.1 Å². The zero-order valence-corrected chi connectivity index (χ0v) is 29.2. The van der Waals surface area contributed by atoms with E-state index < -0.39 is 24.1 Å². The van der Waals surface area contributed by atoms with Gasteiger partial charge in [0.25, 0.3) is 0 Å². The molecule has 2 atom stereocenters. The average Bonchev–Trinajstić information content (AvgIpc) is 3.00. The maximum Gasteiger partial charge on any atom is 0.310 e. The molecule has 0 spiro atoms. The summed E-state index contributed by atoms with van der Waals surface area (Å²) in [4.78, 5) is 36.4. The summed E-state index contributed by atoms with van der Waals surface area (Å²) in [5, 5.41) is 11.5. The van der Waals surface area contributed by atoms with Crippen molar-refractivity contribution < 1.29 is 38.2 Å². The van der Waals surface area contributed by atoms with Gasteiger partial charge in [-0.15, -0.1) is 0 Å². The van der Waals surface area contributed by atoms with Crippen molar-refractivity contribution in [2.45, 2.75) is 109 Å². The first kappa shape index (κ1) is 42.8. The number of quaternary nitrogens is 1. The summed E-state index contributed by atoms with van der Waals surface area (Å²) < 4.78 is 16.8. The highest BCUT2D eigenvalue weighted by atomic mass is 16.6. The van der Waals surface area contributed by atoms with Crippen LogP contribution in [0.25, 0.3) is 0 Å². The molecule has 260 valence electrons. The van der Waals surface area contributed by atoms with Crippen LogP contribution < -0.4 is 5.11 Å². The number of carboxylic acids is 1. The Morgan fingerprint density at radius 2 is 1.30 bits per heavy atom. The second-order valence-electron chi connectivity index (χ2n) is 12.1. The van der Waals surface area contributed by atoms with E-state index in [2.05, 4.69) is 50.3 Å². The number of carbonyl (C=O) groups excluding carboxylic acids is 3. The number of hydrogen-bond donors (Lipinski definition) is 0. The van der Waals surface area contributed by atoms with Crippen molar-refractivity contribution in [3.63, 3.8) is 0 Å². The molecule has 0 aromatic carbocycles. The topological polar surface area (TPSA) is 102 Å². The molecular formula is C38H61NO7. The Labute approximate surface area is 279 Å². The number of hydrogen-bond acceptors (Lipinski definition) is 7. The first-order valence-corrected chi connectivity index (χ1v) is 17.0. The summed E-state index contributed by atoms with van der Waals surface area (Å²) in [5.74, 6) is -1.93. The molecule has 0 bridgehead atoms. The van der Waals surface area contributed by atoms with Crippen LogP contribution >= 0.6 is 0 Å². The summed E-state index contributed by atoms with van der Waals surface area (Å²) in [5.41, 5.74) is 0. The quantitative estimate of drug-likeness (QED) is 0.0306. The largest absolute Gasteiger partial charge is 0.544 e. The van der Waals surface area contributed by atoms with Crippen molar-refractivity contribution in [1.29, 1.82) is 0 Å². The molecule has 0 N–H and O–H groups in total. The van der Waals surface area contributed by atoms with Gasteiger partial charge < -0.3 is 28.6 Å². The van der Waals surface area contributed by atoms with Crippen molar-refractivity contribution in [2.75, 3.05) is 41.0 Å². The Balaban J connectivity index is 4.60. The van der Waals surface area contributed by atoms with Crippen molar-refractivity contribution in [1.82, 2.24) is 0 Å². The van der Waals surface area contributed by atoms with E-state index in [9.17, 15) is 19.5 Å². The van der Waals surface area contributed by atoms with Crippen molar-refractivity contribution >= 4 is 17.9 Å². The summed E-state index contributed by atoms with van der Waals surface area (Å²) >= 11 is 0. The van der Waals surface area contributed by atoms with Gasteiger partial charge >= 0.3 is 11.9 Å². The van der Waals surface area contributed by atoms with Gasteiger partial charge in [0, 0.05) is 12.8 Å². The van der Waals surface area contributed by atoms with Gasteiger partial charge in [0.15, 0.2) is 6.10 Å². The maximum absolute atomic E-state index is 12.5. The number of aliphatic carboxylic acids is 1. The molecule has 0 aromatic heterocycles. The molecule has 0 aromatic rings. The number of carbonyl (C=O) groups is 3. The number of unbranched alkanes of at least 4 members (excludes halogenated alkanes) is 5. The van der Waals surface area contributed by atoms with Gasteiger partial charge in [0.1, 0.15) is 12.6 Å². The van der Waals surface area contributed by atoms with E-state index in [1.807, 2.05) is 30.4 Å². The lowest BCUT2D eigenvalue weighted by atomic mass is 10.1. The Kier molecular flexibility index (Phi) is 27.1. The molecule has 46 heavy (non-hydrogen) atoms. The second-order valence-corrected chi connectivity index (χ2v) is 12.1. The van der Waals surface area contributed by atoms with Crippen LogP contribution in [-0.2, 0) is 28.6 Å². The van der Waals surface area contributed by atoms with Crippen molar-refractivity contribution in [3.05, 3.63) is 72.9 Å². The Hall–Kier alpha value is -3.23. The standard InChI is InChI=1S/C38H61NO7/c1-6-8-10-12-14-16-17-18-19-21-22-24-26-28-36(40)45-33-34(32-44-31-30-35(38(42)43)39(3,4)5)46-37(41)29-27-25-23-20-15-13-11-9-7-2/h8-12,14-17,20,25,27,34-35H,6-7,13,18-19,21-24,26,28-33H2,1-5H3/b10-8+,11-9+,14-12+,17-16+,20-15+,27-25+. The average molecular weight is 644 g/mol. The highest BCUT2D eigenvalue weighted by Gasteiger charge is 2.25. The van der Waals surface area contributed by atoms with Gasteiger partial charge in [0.2, 0.25) is 0 Å². The molecule has 0 rings (SSSR count). The fourth-order valence-corrected chi connectivity index (χ4v) is 4.31. The number of likely N-dealkylation sites (N-methyl/N-ethyl adjacent to an activating group) is 1. The van der Waals surface area contributed by atoms with E-state index in [4.69, 9.17) is 14.2 Å². The zero-order valence-electron chi connectivity index (χ0n) is 29.2. The highest BCUT2D eigenvalue weighted by Crippen LogP contribution is 2.10. The minimum absolute atomic E-state index is 0.00661. The van der Waals surface area contributed by atoms with Crippen LogP contribution in [0.1, 0.15) is 97.3 Å². The molecule has 0 aliphatic carbocycles. The number of allylic oxidation sites excluding steroid dienone is 11. The lowest BCUT2D eigenvalue weighted by Gasteiger charge is -2.34. The number of nitrogens with zero attached hydrogens (tertiary/aromatic N) is 1. The molecule has 0 aliphatic heterocycles. The normalized spacial score (nSPS) is 14.0. The summed E-state index contributed by atoms with van der Waals surface area (Å²) in [6, 6.07) is -0.743. The van der Waals surface area contributed by atoms with E-state index >= 15 is 0 Å². The molecule has 0 fully saturated rings. The van der Waals surface area contributed by atoms with Crippen LogP contribution in [0.5, 0.6) is 0 Å². The number of carboxylic acid groups (broad SMARTS) is 1. The smallest absolute Gasteiger partial charge is 0.310 e. The molecular weight excluding hydrogens is 582 g/mol. The SMILES string of the molecule is CC/C=C/C=C/C=C/CCCCCCCC(=O)OCC(COCCC(C(=O)[O-])[N+](C)(C)C)OC(=O)C/C=C/C/C=C/C/C=C/CC. The fourth-order valence-electron chi connectivity index (χ4n) is 4.31. The summed E-state index contributed by atoms with van der Waals surface area (Å²) in [6.45, 7) is 4.22. The third-order valence-electron chi connectivity index (χ3n) is 6.93. The summed E-state index contributed by atoms with van der Waals surface area (Å²) in [7, 11) is 5.34. The van der Waals surface area contributed by atoms with E-state index in [1.165, 1.54) is 0 Å². The molecule has 8 heteroatoms. The predicted octanol–water partition coefficient (Wildman–Crippen LogP) is 6.73. The Bertz CT molecular complexity index is 985. The highest BCUT2D eigenvalue weighted by molar-refractivity contribution is 5.71. The Morgan fingerprint density at radius 3 is 1.96 bits per heavy atom. The number of ether oxygens (including phenoxy) is 3. The van der Waals surface area contributed by atoms with E-state index in [1.54, 1.807) is 27.2 Å². The number of esters is 2. The molecule has 8 nitrogen and oxygen atoms in total. The van der Waals surface area contributed by atoms with Crippen LogP contribution in [0.3, 0.4) is 0 Å². The number of rotatable bonds is 28. The molecule has 0 aliphatic rings. The van der Waals surface area contributed by atoms with Crippen molar-refractivity contribution in [2.24, 2.45) is 0 Å². The first-order valence-electron chi connectivity index (χ1n) is 17.0. The van der Waals surface area contributed by atoms with E-state index in [0.717, 1.165) is 64.2 Å². The van der Waals surface area contributed by atoms with Gasteiger partial charge in [-0.05, 0) is 44.9 Å². The maximum atomic E-state index is 12.5. The molecule has 0 amide bonds. The van der Waals surface area contributed by atoms with Gasteiger partial charge in [0.05, 0.1) is 46.7 Å². The third-order valence-corrected chi connectivity index (χ3v) is 6.93. The van der Waals surface area contributed by atoms with Gasteiger partial charge in [-0.25, -0.2) is 0 Å². The minimum Gasteiger partial charge on any atom is -0.544 e. The van der Waals surface area contributed by atoms with Gasteiger partial charge in [-0.3, -0.25) is 9.59 Å². The van der Waals surface area contributed by atoms with Crippen LogP contribution in [0.15, 0.2) is 72.9 Å². The monoisotopic (exact) mass is 643 g/mol. The van der Waals surface area contributed by atoms with Gasteiger partial charge in [-0.2, -0.15) is 0 Å². The molecule has 0 heterocycles. The van der Waals surface area contributed by atoms with Crippen LogP contribution in [0.2, 0.25) is 0 Å². The Morgan fingerprint density at radius 1 is 0.696 bits per heavy atom. The van der Waals surface area contributed by atoms with Gasteiger partial charge in [-0.1, -0.05) is 106 Å². The molecule has 2 unspecified atom stereocenters. The fraction of sp³-hybridized carbons (Fsp3) is 0.605. The zero-order chi connectivity index (χ0) is 34.3. The lowest BCUT2D eigenvalue weighted by Crippen LogP contribution is -2.55. The van der Waals surface area contributed by atoms with E-state index in [0.29, 0.717) is 6.42 Å². The third kappa shape index (κ3) is 27.1. The van der Waals surface area contributed by atoms with Crippen LogP contribution in [0.4, 0.5) is 0 Å². The molecule has 0 saturated heterocycles. The van der Waals surface area contributed by atoms with Crippen LogP contribution in [-0.4, -0.2) is 75.5 Å². The minimum atomic E-state index is -1.15. The first-order chi connectivity index (χ1) is 22.1. The van der Waals surface area contributed by atoms with Crippen molar-refractivity contribution in [3.8, 4) is 0 Å². The predicted molar refractivity (Wildman–Crippen MR) is 185 cm³/mol. The van der Waals surface area contributed by atoms with Crippen LogP contribution in [0, 0.1) is 0 Å². The molecule has 0 radical (unpaired) electrons.